The van der Waals surface area contributed by atoms with Crippen molar-refractivity contribution in [2.45, 2.75) is 13.2 Å². The van der Waals surface area contributed by atoms with Crippen LogP contribution in [-0.2, 0) is 18.0 Å². The number of methoxy groups -OCH3 is 1. The van der Waals surface area contributed by atoms with Gasteiger partial charge in [-0.3, -0.25) is 0 Å². The van der Waals surface area contributed by atoms with Gasteiger partial charge < -0.3 is 19.7 Å². The molecule has 0 aromatic heterocycles. The molecule has 0 fully saturated rings. The van der Waals surface area contributed by atoms with Crippen molar-refractivity contribution in [1.29, 1.82) is 0 Å². The lowest BCUT2D eigenvalue weighted by Crippen LogP contribution is -1.98. The smallest absolute Gasteiger partial charge is 0.127 e. The van der Waals surface area contributed by atoms with Crippen LogP contribution in [0, 0.1) is 0 Å². The summed E-state index contributed by atoms with van der Waals surface area (Å²) in [5, 5.41) is 21.2. The molecule has 0 radical (unpaired) electrons. The van der Waals surface area contributed by atoms with Crippen molar-refractivity contribution in [3.63, 3.8) is 0 Å². The van der Waals surface area contributed by atoms with E-state index in [0.717, 1.165) is 22.1 Å². The maximum atomic E-state index is 9.54. The van der Waals surface area contributed by atoms with Crippen LogP contribution in [0.4, 0.5) is 0 Å². The van der Waals surface area contributed by atoms with Crippen molar-refractivity contribution in [1.82, 2.24) is 0 Å². The van der Waals surface area contributed by atoms with Crippen molar-refractivity contribution < 1.29 is 19.7 Å². The molecule has 0 aliphatic carbocycles. The molecule has 0 saturated carbocycles. The van der Waals surface area contributed by atoms with Crippen molar-refractivity contribution >= 4 is 10.8 Å². The van der Waals surface area contributed by atoms with Crippen LogP contribution < -0.4 is 4.74 Å². The first-order valence-electron chi connectivity index (χ1n) is 7.31. The predicted molar refractivity (Wildman–Crippen MR) is 88.8 cm³/mol. The van der Waals surface area contributed by atoms with E-state index in [4.69, 9.17) is 9.47 Å². The highest BCUT2D eigenvalue weighted by atomic mass is 16.5. The number of hydrogen-bond acceptors (Lipinski definition) is 4. The molecule has 0 amide bonds. The Hall–Kier alpha value is -2.72. The van der Waals surface area contributed by atoms with Gasteiger partial charge in [0.1, 0.15) is 23.9 Å². The minimum Gasteiger partial charge on any atom is -0.508 e. The Bertz CT molecular complexity index is 801. The second kappa shape index (κ2) is 6.58. The van der Waals surface area contributed by atoms with E-state index in [0.29, 0.717) is 12.2 Å². The predicted octanol–water partition coefficient (Wildman–Crippen LogP) is 3.98. The summed E-state index contributed by atoms with van der Waals surface area (Å²) in [5.74, 6) is 0.779. The van der Waals surface area contributed by atoms with Gasteiger partial charge in [0.15, 0.2) is 0 Å². The lowest BCUT2D eigenvalue weighted by atomic mass is 10.0. The number of rotatable bonds is 5. The van der Waals surface area contributed by atoms with E-state index in [-0.39, 0.29) is 18.1 Å². The fourth-order valence-corrected chi connectivity index (χ4v) is 2.68. The van der Waals surface area contributed by atoms with Crippen LogP contribution in [0.25, 0.3) is 10.8 Å². The first-order chi connectivity index (χ1) is 11.2. The highest BCUT2D eigenvalue weighted by Crippen LogP contribution is 2.30. The number of aromatic hydroxyl groups is 2. The summed E-state index contributed by atoms with van der Waals surface area (Å²) in [6.07, 6.45) is 0. The van der Waals surface area contributed by atoms with Gasteiger partial charge >= 0.3 is 0 Å². The summed E-state index contributed by atoms with van der Waals surface area (Å²) in [4.78, 5) is 0. The number of phenolic OH excluding ortho intramolecular Hbond substituents is 2. The Balaban J connectivity index is 1.93. The second-order valence-electron chi connectivity index (χ2n) is 5.35. The third-order valence-electron chi connectivity index (χ3n) is 3.61. The number of benzene rings is 3. The SMILES string of the molecule is COCc1cccc2cccc(OCc3cc(O)cc(O)c3)c12. The fraction of sp³-hybridized carbons (Fsp3) is 0.158. The topological polar surface area (TPSA) is 58.9 Å². The average Bonchev–Trinajstić information content (AvgIpc) is 2.52. The van der Waals surface area contributed by atoms with E-state index in [2.05, 4.69) is 0 Å². The monoisotopic (exact) mass is 310 g/mol. The van der Waals surface area contributed by atoms with Gasteiger partial charge in [0, 0.05) is 18.6 Å². The van der Waals surface area contributed by atoms with Gasteiger partial charge in [-0.05, 0) is 34.7 Å². The highest BCUT2D eigenvalue weighted by Gasteiger charge is 2.08. The van der Waals surface area contributed by atoms with Crippen molar-refractivity contribution in [3.8, 4) is 17.2 Å². The number of fused-ring (bicyclic) bond motifs is 1. The lowest BCUT2D eigenvalue weighted by molar-refractivity contribution is 0.185. The quantitative estimate of drug-likeness (QED) is 0.748. The van der Waals surface area contributed by atoms with Crippen LogP contribution in [0.15, 0.2) is 54.6 Å². The van der Waals surface area contributed by atoms with Gasteiger partial charge in [0.05, 0.1) is 6.61 Å². The normalized spacial score (nSPS) is 10.8. The fourth-order valence-electron chi connectivity index (χ4n) is 2.68. The van der Waals surface area contributed by atoms with E-state index in [1.54, 1.807) is 19.2 Å². The van der Waals surface area contributed by atoms with Crippen molar-refractivity contribution in [2.75, 3.05) is 7.11 Å². The molecule has 0 bridgehead atoms. The Labute approximate surface area is 134 Å². The third kappa shape index (κ3) is 3.38. The lowest BCUT2D eigenvalue weighted by Gasteiger charge is -2.13. The molecular weight excluding hydrogens is 292 g/mol. The van der Waals surface area contributed by atoms with E-state index in [1.807, 2.05) is 36.4 Å². The molecule has 0 unspecified atom stereocenters. The Kier molecular flexibility index (Phi) is 4.35. The molecular formula is C19H18O4. The minimum absolute atomic E-state index is 0.0154. The summed E-state index contributed by atoms with van der Waals surface area (Å²) in [5.41, 5.74) is 1.75. The number of phenols is 2. The largest absolute Gasteiger partial charge is 0.508 e. The molecule has 3 rings (SSSR count). The summed E-state index contributed by atoms with van der Waals surface area (Å²) in [7, 11) is 1.66. The van der Waals surface area contributed by atoms with E-state index < -0.39 is 0 Å². The van der Waals surface area contributed by atoms with Crippen molar-refractivity contribution in [3.05, 3.63) is 65.7 Å². The van der Waals surface area contributed by atoms with Crippen molar-refractivity contribution in [2.24, 2.45) is 0 Å². The van der Waals surface area contributed by atoms with Crippen LogP contribution in [0.3, 0.4) is 0 Å². The summed E-state index contributed by atoms with van der Waals surface area (Å²) in [6.45, 7) is 0.757. The standard InChI is InChI=1S/C19H18O4/c1-22-12-15-6-2-4-14-5-3-7-18(19(14)15)23-11-13-8-16(20)10-17(21)9-13/h2-10,20-21H,11-12H2,1H3. The third-order valence-corrected chi connectivity index (χ3v) is 3.61. The zero-order valence-corrected chi connectivity index (χ0v) is 12.8. The molecule has 23 heavy (non-hydrogen) atoms. The molecule has 4 nitrogen and oxygen atoms in total. The second-order valence-corrected chi connectivity index (χ2v) is 5.35. The highest BCUT2D eigenvalue weighted by molar-refractivity contribution is 5.91. The first-order valence-corrected chi connectivity index (χ1v) is 7.31. The maximum absolute atomic E-state index is 9.54. The van der Waals surface area contributed by atoms with Gasteiger partial charge in [-0.2, -0.15) is 0 Å². The van der Waals surface area contributed by atoms with Crippen LogP contribution in [0.5, 0.6) is 17.2 Å². The molecule has 2 N–H and O–H groups in total. The number of ether oxygens (including phenoxy) is 2. The van der Waals surface area contributed by atoms with Gasteiger partial charge in [0.25, 0.3) is 0 Å². The van der Waals surface area contributed by atoms with E-state index in [9.17, 15) is 10.2 Å². The Morgan fingerprint density at radius 3 is 2.26 bits per heavy atom. The molecule has 0 spiro atoms. The molecule has 3 aromatic carbocycles. The zero-order chi connectivity index (χ0) is 16.2. The van der Waals surface area contributed by atoms with Gasteiger partial charge in [-0.25, -0.2) is 0 Å². The van der Waals surface area contributed by atoms with E-state index >= 15 is 0 Å². The molecule has 0 saturated heterocycles. The Morgan fingerprint density at radius 2 is 1.57 bits per heavy atom. The molecule has 0 heterocycles. The molecule has 0 atom stereocenters. The number of hydrogen-bond donors (Lipinski definition) is 2. The molecule has 0 aliphatic heterocycles. The van der Waals surface area contributed by atoms with Crippen LogP contribution >= 0.6 is 0 Å². The first kappa shape index (κ1) is 15.2. The summed E-state index contributed by atoms with van der Waals surface area (Å²) >= 11 is 0. The van der Waals surface area contributed by atoms with Crippen LogP contribution in [0.2, 0.25) is 0 Å². The van der Waals surface area contributed by atoms with E-state index in [1.165, 1.54) is 6.07 Å². The minimum atomic E-state index is 0.0154. The van der Waals surface area contributed by atoms with Gasteiger partial charge in [0.2, 0.25) is 0 Å². The van der Waals surface area contributed by atoms with Crippen LogP contribution in [0.1, 0.15) is 11.1 Å². The van der Waals surface area contributed by atoms with Gasteiger partial charge in [-0.1, -0.05) is 30.3 Å². The molecule has 0 aliphatic rings. The molecule has 118 valence electrons. The average molecular weight is 310 g/mol. The summed E-state index contributed by atoms with van der Waals surface area (Å²) < 4.78 is 11.2. The summed E-state index contributed by atoms with van der Waals surface area (Å²) in [6, 6.07) is 16.3. The Morgan fingerprint density at radius 1 is 0.870 bits per heavy atom. The van der Waals surface area contributed by atoms with Gasteiger partial charge in [-0.15, -0.1) is 0 Å². The maximum Gasteiger partial charge on any atom is 0.127 e. The zero-order valence-electron chi connectivity index (χ0n) is 12.8. The molecule has 3 aromatic rings. The molecule has 4 heteroatoms. The van der Waals surface area contributed by atoms with Crippen LogP contribution in [-0.4, -0.2) is 17.3 Å².